The number of aromatic hydroxyl groups is 1. The van der Waals surface area contributed by atoms with E-state index in [0.29, 0.717) is 111 Å². The van der Waals surface area contributed by atoms with Crippen molar-refractivity contribution < 1.29 is 69.8 Å². The molecule has 6 aromatic carbocycles. The van der Waals surface area contributed by atoms with Crippen molar-refractivity contribution in [1.29, 1.82) is 0 Å². The third-order valence-electron chi connectivity index (χ3n) is 22.9. The third kappa shape index (κ3) is 20.5. The molecule has 658 valence electrons. The van der Waals surface area contributed by atoms with Crippen molar-refractivity contribution >= 4 is 155 Å². The van der Waals surface area contributed by atoms with Gasteiger partial charge in [0.25, 0.3) is 17.7 Å². The number of allylic oxidation sites excluding steroid dienone is 8. The number of ketones is 3. The van der Waals surface area contributed by atoms with Crippen molar-refractivity contribution in [3.8, 4) is 17.2 Å². The largest absolute Gasteiger partial charge is 0.505 e. The fourth-order valence-corrected chi connectivity index (χ4v) is 17.4. The number of fused-ring (bicyclic) bond motifs is 1. The lowest BCUT2D eigenvalue weighted by molar-refractivity contribution is -0.125. The fraction of sp³-hybridized carbons (Fsp3) is 0.271. The van der Waals surface area contributed by atoms with E-state index in [1.807, 2.05) is 131 Å². The minimum absolute atomic E-state index is 0.00181. The van der Waals surface area contributed by atoms with Crippen LogP contribution in [0.2, 0.25) is 0 Å². The van der Waals surface area contributed by atoms with Crippen LogP contribution in [0, 0.1) is 45.4 Å². The number of phenolic OH excluding ortho intramolecular Hbond substituents is 1. The number of hydrogen-bond acceptors (Lipinski definition) is 22. The summed E-state index contributed by atoms with van der Waals surface area (Å²) in [6.07, 6.45) is 15.5. The number of hydrogen-bond donors (Lipinski definition) is 9. The number of pyridine rings is 2. The third-order valence-corrected chi connectivity index (χ3v) is 24.3. The second-order valence-corrected chi connectivity index (χ2v) is 34.9. The summed E-state index contributed by atoms with van der Waals surface area (Å²) in [6, 6.07) is 40.1. The van der Waals surface area contributed by atoms with Crippen molar-refractivity contribution in [2.45, 2.75) is 120 Å². The molecule has 32 heteroatoms. The van der Waals surface area contributed by atoms with Crippen LogP contribution in [0.15, 0.2) is 237 Å². The van der Waals surface area contributed by atoms with E-state index in [-0.39, 0.29) is 81.6 Å². The zero-order valence-electron chi connectivity index (χ0n) is 72.5. The van der Waals surface area contributed by atoms with Gasteiger partial charge in [-0.15, -0.1) is 0 Å². The van der Waals surface area contributed by atoms with Crippen LogP contribution in [-0.2, 0) is 71.0 Å². The topological polar surface area (TPSA) is 401 Å². The molecule has 7 heterocycles. The minimum atomic E-state index is -2.11. The molecule has 16 rings (SSSR count). The van der Waals surface area contributed by atoms with Crippen molar-refractivity contribution in [3.05, 3.63) is 261 Å². The Morgan fingerprint density at radius 2 is 1.01 bits per heavy atom. The van der Waals surface area contributed by atoms with Gasteiger partial charge < -0.3 is 59.9 Å². The Morgan fingerprint density at radius 3 is 1.48 bits per heavy atom. The minimum Gasteiger partial charge on any atom is -0.505 e. The van der Waals surface area contributed by atoms with Gasteiger partial charge in [0.15, 0.2) is 29.0 Å². The van der Waals surface area contributed by atoms with Crippen LogP contribution in [0.3, 0.4) is 0 Å². The van der Waals surface area contributed by atoms with Gasteiger partial charge in [-0.05, 0) is 193 Å². The molecule has 2 fully saturated rings. The van der Waals surface area contributed by atoms with E-state index in [2.05, 4.69) is 76.1 Å². The lowest BCUT2D eigenvalue weighted by atomic mass is 9.71. The first kappa shape index (κ1) is 90.0. The number of benzene rings is 6. The summed E-state index contributed by atoms with van der Waals surface area (Å²) in [5.41, 5.74) is 9.02. The van der Waals surface area contributed by atoms with E-state index < -0.39 is 68.1 Å². The van der Waals surface area contributed by atoms with E-state index in [4.69, 9.17) is 13.1 Å². The van der Waals surface area contributed by atoms with Crippen LogP contribution in [0.5, 0.6) is 17.2 Å². The molecule has 0 saturated carbocycles. The number of nitrogens with one attached hydrogen (secondary N) is 8. The highest BCUT2D eigenvalue weighted by atomic mass is 32.2. The van der Waals surface area contributed by atoms with Crippen LogP contribution in [0.1, 0.15) is 124 Å². The normalized spacial score (nSPS) is 18.1. The molecule has 9 N–H and O–H groups in total. The lowest BCUT2D eigenvalue weighted by Gasteiger charge is -2.36. The molecule has 3 aliphatic carbocycles. The number of para-hydroxylation sites is 1. The maximum absolute atomic E-state index is 14.0. The van der Waals surface area contributed by atoms with Crippen molar-refractivity contribution in [2.75, 3.05) is 79.9 Å². The van der Waals surface area contributed by atoms with E-state index in [0.717, 1.165) is 65.4 Å². The Bertz CT molecular complexity index is 6100. The molecule has 30 nitrogen and oxygen atoms in total. The zero-order valence-corrected chi connectivity index (χ0v) is 74.1. The molecule has 128 heavy (non-hydrogen) atoms. The van der Waals surface area contributed by atoms with Crippen LogP contribution in [0.25, 0.3) is 0 Å². The second kappa shape index (κ2) is 38.3. The number of aliphatic imine (C=N–C) groups is 3. The monoisotopic (exact) mass is 1760 g/mol. The Balaban J connectivity index is 0.000000160. The average molecular weight is 1770 g/mol. The number of amides is 6. The predicted molar refractivity (Wildman–Crippen MR) is 496 cm³/mol. The molecule has 2 unspecified atom stereocenters. The first-order valence-corrected chi connectivity index (χ1v) is 44.0. The fourth-order valence-electron chi connectivity index (χ4n) is 16.1. The summed E-state index contributed by atoms with van der Waals surface area (Å²) in [5, 5.41) is 28.7. The van der Waals surface area contributed by atoms with Gasteiger partial charge in [-0.1, -0.05) is 113 Å². The van der Waals surface area contributed by atoms with Gasteiger partial charge in [-0.3, -0.25) is 52.6 Å². The lowest BCUT2D eigenvalue weighted by Crippen LogP contribution is -2.45. The number of aryl methyl sites for hydroxylation is 5. The Hall–Kier alpha value is -14.2. The van der Waals surface area contributed by atoms with Gasteiger partial charge in [-0.25, -0.2) is 24.9 Å². The van der Waals surface area contributed by atoms with E-state index in [1.54, 1.807) is 73.1 Å². The predicted octanol–water partition coefficient (Wildman–Crippen LogP) is 14.7. The van der Waals surface area contributed by atoms with E-state index >= 15 is 0 Å². The number of ether oxygens (including phenoxy) is 1. The molecular formula is C96H97N15O15S2. The maximum atomic E-state index is 14.0. The number of anilines is 8. The number of morpholine rings is 1. The summed E-state index contributed by atoms with van der Waals surface area (Å²) < 4.78 is 47.9. The molecule has 2 saturated heterocycles. The molecular weight excluding hydrogens is 1670 g/mol. The number of phenols is 1. The van der Waals surface area contributed by atoms with Crippen LogP contribution in [-0.4, -0.2) is 133 Å². The molecule has 6 amide bonds. The van der Waals surface area contributed by atoms with Crippen LogP contribution < -0.4 is 59.5 Å². The Morgan fingerprint density at radius 1 is 0.531 bits per heavy atom. The number of rotatable bonds is 21. The van der Waals surface area contributed by atoms with Gasteiger partial charge in [0.1, 0.15) is 17.2 Å². The van der Waals surface area contributed by atoms with E-state index in [1.165, 1.54) is 73.6 Å². The molecule has 2 atom stereocenters. The molecule has 8 aromatic rings. The first-order chi connectivity index (χ1) is 61.2. The first-order valence-electron chi connectivity index (χ1n) is 41.8. The van der Waals surface area contributed by atoms with Gasteiger partial charge in [0.05, 0.1) is 111 Å². The summed E-state index contributed by atoms with van der Waals surface area (Å²) in [5.74, 6) is -2.30. The van der Waals surface area contributed by atoms with E-state index in [9.17, 15) is 56.7 Å². The number of carbonyl (C=O) groups excluding carboxylic acids is 9. The number of nitrogens with zero attached hydrogens (tertiary/aromatic N) is 7. The maximum Gasteiger partial charge on any atom is 0.316 e. The average Bonchev–Trinajstić information content (AvgIpc) is 1.50. The van der Waals surface area contributed by atoms with Crippen molar-refractivity contribution in [3.63, 3.8) is 0 Å². The molecule has 5 aliphatic heterocycles. The molecule has 2 aromatic heterocycles. The Kier molecular flexibility index (Phi) is 26.9. The van der Waals surface area contributed by atoms with Gasteiger partial charge >= 0.3 is 22.5 Å². The second-order valence-electron chi connectivity index (χ2n) is 33.2. The molecule has 0 spiro atoms. The van der Waals surface area contributed by atoms with Gasteiger partial charge in [0, 0.05) is 83.5 Å². The molecule has 0 bridgehead atoms. The summed E-state index contributed by atoms with van der Waals surface area (Å²) in [4.78, 5) is 146. The van der Waals surface area contributed by atoms with Crippen molar-refractivity contribution in [2.24, 2.45) is 25.8 Å². The standard InChI is InChI=1S/C39H37N5O8S2.C29H31N5O3.C28H29N5O4/c1-5-39(6-2)34-35(42-38(39)48)32(40-26-11-13-29(45)14-12-26)22-33(36(34)46)41-37(47)25-19-27(43-53(49)51-30-15-7-23(3)8-16-30)21-28(20-25)44-54(50)52-31-17-9-24(4)10-18-31;1-17-7-9-21(18(2)13-17)32-28(37)20-14-22(26-25(27(20)36)29(3,4)15-24(35)33-26)31-23-10-8-19(16-30-23)34-11-5-6-12-34;1-17-6-4-5-7-20(17)31-27(36)19-14-21(25-24(26(19)35)28(2,3)15-23(34)32-25)30-22-9-8-18(16-29-22)33-10-12-37-13-11-33/h7-22,43-44,46H,5-6H2,1-4H3,(H,41,47)(H,42,48);7-10,13-14,16H,5-6,11-12,15H2,1-4H3,(H,32,37)(H,33,35);4-9,14,16H,10-13,15H2,1-3H3,(H,31,36)(H,32,34). The van der Waals surface area contributed by atoms with Crippen LogP contribution >= 0.6 is 0 Å². The smallest absolute Gasteiger partial charge is 0.316 e. The highest BCUT2D eigenvalue weighted by Gasteiger charge is 2.49. The van der Waals surface area contributed by atoms with Crippen molar-refractivity contribution in [1.82, 2.24) is 20.6 Å². The summed E-state index contributed by atoms with van der Waals surface area (Å²) in [6.45, 7) is 25.5. The highest BCUT2D eigenvalue weighted by Crippen LogP contribution is 2.54. The SMILES string of the molecule is CCC1(CC)C(=O)Nc2c(N=C3C=CC(=O)C=C3)cc(NC(=O)c3cc(NS(=O)Oc4ccc(C)cc4)cc(NS(=O)Oc4ccc(C)cc4)c3)c(O)c21.Cc1ccc(NC(=O)C2=CC(=Nc3ccc(N4CCCC4)cn3)C3=C(C2=O)C(C)(C)CC(=O)N3)c(C)c1.Cc1ccccc1NC(=O)C1=CC(=Nc2ccc(N3CCOCC3)cn2)C2=C(C1=O)C(C)(C)CC(=O)N2. The van der Waals surface area contributed by atoms with Gasteiger partial charge in [0.2, 0.25) is 17.7 Å². The number of carbonyl (C=O) groups is 9. The number of Topliss-reactive ketones (excluding diaryl/α,β-unsaturated/α-hetero) is 2. The molecule has 8 aliphatic rings. The summed E-state index contributed by atoms with van der Waals surface area (Å²) >= 11 is -4.22. The molecule has 0 radical (unpaired) electrons. The zero-order chi connectivity index (χ0) is 91.0. The summed E-state index contributed by atoms with van der Waals surface area (Å²) in [7, 11) is 0. The van der Waals surface area contributed by atoms with Gasteiger partial charge in [-0.2, -0.15) is 8.42 Å². The number of aromatic nitrogens is 2. The quantitative estimate of drug-likeness (QED) is 0.0183. The van der Waals surface area contributed by atoms with Crippen LogP contribution in [0.4, 0.5) is 62.8 Å². The Labute approximate surface area is 745 Å². The highest BCUT2D eigenvalue weighted by molar-refractivity contribution is 7.82.